The van der Waals surface area contributed by atoms with Crippen molar-refractivity contribution < 1.29 is 22.8 Å². The van der Waals surface area contributed by atoms with E-state index in [9.17, 15) is 18.3 Å². The molecule has 0 aliphatic heterocycles. The second-order valence-corrected chi connectivity index (χ2v) is 9.46. The van der Waals surface area contributed by atoms with Crippen molar-refractivity contribution in [3.05, 3.63) is 63.8 Å². The fourth-order valence-electron chi connectivity index (χ4n) is 3.12. The van der Waals surface area contributed by atoms with Crippen LogP contribution < -0.4 is 9.62 Å². The number of rotatable bonds is 6. The molecule has 0 saturated carbocycles. The van der Waals surface area contributed by atoms with Crippen molar-refractivity contribution >= 4 is 50.7 Å². The highest BCUT2D eigenvalue weighted by Crippen LogP contribution is 2.39. The molecule has 3 aromatic rings. The van der Waals surface area contributed by atoms with Crippen LogP contribution in [-0.4, -0.2) is 31.0 Å². The van der Waals surface area contributed by atoms with Crippen LogP contribution >= 0.6 is 23.2 Å². The van der Waals surface area contributed by atoms with Crippen LogP contribution in [0.25, 0.3) is 11.3 Å². The second kappa shape index (κ2) is 8.78. The third kappa shape index (κ3) is 5.12. The minimum absolute atomic E-state index is 0.234. The summed E-state index contributed by atoms with van der Waals surface area (Å²) >= 11 is 12.1. The summed E-state index contributed by atoms with van der Waals surface area (Å²) in [6.07, 6.45) is -0.157. The smallest absolute Gasteiger partial charge is 0.412 e. The van der Waals surface area contributed by atoms with Gasteiger partial charge in [0.2, 0.25) is 10.0 Å². The van der Waals surface area contributed by atoms with Crippen LogP contribution in [-0.2, 0) is 10.0 Å². The van der Waals surface area contributed by atoms with Crippen LogP contribution in [0.4, 0.5) is 16.2 Å². The molecular weight excluding hydrogens is 465 g/mol. The van der Waals surface area contributed by atoms with Crippen molar-refractivity contribution in [3.63, 3.8) is 0 Å². The lowest BCUT2D eigenvalue weighted by Gasteiger charge is -2.27. The van der Waals surface area contributed by atoms with Crippen LogP contribution in [0.1, 0.15) is 24.2 Å². The van der Waals surface area contributed by atoms with Gasteiger partial charge in [-0.05, 0) is 55.8 Å². The second-order valence-electron chi connectivity index (χ2n) is 6.90. The fraction of sp³-hybridized carbons (Fsp3) is 0.200. The first kappa shape index (κ1) is 22.9. The number of carboxylic acid groups (broad SMARTS) is 1. The molecule has 1 aromatic heterocycles. The van der Waals surface area contributed by atoms with Gasteiger partial charge in [-0.15, -0.1) is 0 Å². The molecule has 0 aliphatic carbocycles. The van der Waals surface area contributed by atoms with Crippen LogP contribution in [0.2, 0.25) is 10.0 Å². The normalized spacial score (nSPS) is 12.4. The number of benzene rings is 2. The van der Waals surface area contributed by atoms with Gasteiger partial charge in [0.1, 0.15) is 11.4 Å². The number of amides is 1. The zero-order valence-corrected chi connectivity index (χ0v) is 19.1. The molecule has 2 aromatic carbocycles. The molecular formula is C20H19Cl2N3O5S. The number of anilines is 2. The summed E-state index contributed by atoms with van der Waals surface area (Å²) < 4.78 is 30.6. The number of aromatic nitrogens is 1. The van der Waals surface area contributed by atoms with E-state index in [1.165, 1.54) is 0 Å². The van der Waals surface area contributed by atoms with Crippen LogP contribution in [0.3, 0.4) is 0 Å². The maximum absolute atomic E-state index is 12.2. The van der Waals surface area contributed by atoms with E-state index in [1.54, 1.807) is 56.3 Å². The van der Waals surface area contributed by atoms with E-state index in [2.05, 4.69) is 9.88 Å². The number of hydrogen-bond donors (Lipinski definition) is 2. The Labute approximate surface area is 189 Å². The molecule has 0 saturated heterocycles. The number of nitrogens with zero attached hydrogens (tertiary/aromatic N) is 2. The molecule has 0 fully saturated rings. The molecule has 31 heavy (non-hydrogen) atoms. The molecule has 11 heteroatoms. The van der Waals surface area contributed by atoms with Gasteiger partial charge in [0.25, 0.3) is 0 Å². The molecule has 0 radical (unpaired) electrons. The van der Waals surface area contributed by atoms with Gasteiger partial charge in [-0.1, -0.05) is 34.4 Å². The minimum Gasteiger partial charge on any atom is -0.465 e. The van der Waals surface area contributed by atoms with E-state index in [1.807, 2.05) is 0 Å². The Balaban J connectivity index is 2.04. The summed E-state index contributed by atoms with van der Waals surface area (Å²) in [6.45, 7) is 3.35. The Morgan fingerprint density at radius 1 is 1.16 bits per heavy atom. The van der Waals surface area contributed by atoms with Crippen molar-refractivity contribution in [2.24, 2.45) is 0 Å². The van der Waals surface area contributed by atoms with Crippen molar-refractivity contribution in [1.29, 1.82) is 0 Å². The number of sulfonamides is 1. The third-order valence-corrected chi connectivity index (χ3v) is 5.89. The Hall–Kier alpha value is -2.75. The monoisotopic (exact) mass is 483 g/mol. The van der Waals surface area contributed by atoms with E-state index in [4.69, 9.17) is 27.7 Å². The van der Waals surface area contributed by atoms with E-state index in [0.717, 1.165) is 11.2 Å². The lowest BCUT2D eigenvalue weighted by Crippen LogP contribution is -2.32. The Kier molecular flexibility index (Phi) is 6.49. The van der Waals surface area contributed by atoms with Gasteiger partial charge in [0.05, 0.1) is 22.3 Å². The summed E-state index contributed by atoms with van der Waals surface area (Å²) in [4.78, 5) is 13.4. The molecule has 3 rings (SSSR count). The Bertz CT molecular complexity index is 1230. The van der Waals surface area contributed by atoms with Gasteiger partial charge in [-0.25, -0.2) is 13.2 Å². The van der Waals surface area contributed by atoms with Gasteiger partial charge in [0.15, 0.2) is 5.76 Å². The Morgan fingerprint density at radius 3 is 2.35 bits per heavy atom. The largest absolute Gasteiger partial charge is 0.465 e. The van der Waals surface area contributed by atoms with Gasteiger partial charge >= 0.3 is 6.09 Å². The topological polar surface area (TPSA) is 113 Å². The highest BCUT2D eigenvalue weighted by Gasteiger charge is 2.31. The lowest BCUT2D eigenvalue weighted by atomic mass is 10.0. The highest BCUT2D eigenvalue weighted by atomic mass is 35.5. The number of carbonyl (C=O) groups is 1. The molecule has 0 bridgehead atoms. The number of halogens is 2. The summed E-state index contributed by atoms with van der Waals surface area (Å²) in [5, 5.41) is 14.6. The maximum Gasteiger partial charge on any atom is 0.412 e. The number of hydrogen-bond acceptors (Lipinski definition) is 5. The van der Waals surface area contributed by atoms with Crippen LogP contribution in [0.5, 0.6) is 0 Å². The SMILES string of the molecule is Cc1noc(-c2ccc(NS(C)(=O)=O)cc2)c1N(C(=O)O)C(C)c1ccc(Cl)c(Cl)c1. The third-order valence-electron chi connectivity index (χ3n) is 4.54. The highest BCUT2D eigenvalue weighted by molar-refractivity contribution is 7.92. The average molecular weight is 484 g/mol. The molecule has 164 valence electrons. The average Bonchev–Trinajstić information content (AvgIpc) is 3.04. The summed E-state index contributed by atoms with van der Waals surface area (Å²) in [6, 6.07) is 10.6. The first-order valence-electron chi connectivity index (χ1n) is 8.99. The standard InChI is InChI=1S/C20H19Cl2N3O5S/c1-11-18(25(20(26)27)12(2)14-6-9-16(21)17(22)10-14)19(30-23-11)13-4-7-15(8-5-13)24-31(3,28)29/h4-10,12,24H,1-3H3,(H,26,27). The molecule has 1 unspecified atom stereocenters. The van der Waals surface area contributed by atoms with E-state index < -0.39 is 22.2 Å². The van der Waals surface area contributed by atoms with E-state index in [-0.39, 0.29) is 11.4 Å². The summed E-state index contributed by atoms with van der Waals surface area (Å²) in [5.41, 5.74) is 2.18. The zero-order chi connectivity index (χ0) is 22.9. The predicted molar refractivity (Wildman–Crippen MR) is 121 cm³/mol. The summed E-state index contributed by atoms with van der Waals surface area (Å²) in [7, 11) is -3.42. The Morgan fingerprint density at radius 2 is 1.81 bits per heavy atom. The molecule has 2 N–H and O–H groups in total. The first-order chi connectivity index (χ1) is 14.5. The molecule has 1 atom stereocenters. The molecule has 0 spiro atoms. The summed E-state index contributed by atoms with van der Waals surface area (Å²) in [5.74, 6) is 0.234. The number of nitrogens with one attached hydrogen (secondary N) is 1. The van der Waals surface area contributed by atoms with Crippen molar-refractivity contribution in [2.45, 2.75) is 19.9 Å². The fourth-order valence-corrected chi connectivity index (χ4v) is 3.99. The molecule has 8 nitrogen and oxygen atoms in total. The van der Waals surface area contributed by atoms with Gasteiger partial charge < -0.3 is 9.63 Å². The van der Waals surface area contributed by atoms with E-state index >= 15 is 0 Å². The van der Waals surface area contributed by atoms with Crippen molar-refractivity contribution in [1.82, 2.24) is 5.16 Å². The van der Waals surface area contributed by atoms with Crippen molar-refractivity contribution in [2.75, 3.05) is 15.9 Å². The quantitative estimate of drug-likeness (QED) is 0.473. The number of aryl methyl sites for hydroxylation is 1. The van der Waals surface area contributed by atoms with Crippen LogP contribution in [0, 0.1) is 6.92 Å². The zero-order valence-electron chi connectivity index (χ0n) is 16.8. The van der Waals surface area contributed by atoms with Gasteiger partial charge in [-0.2, -0.15) is 0 Å². The van der Waals surface area contributed by atoms with Crippen molar-refractivity contribution in [3.8, 4) is 11.3 Å². The lowest BCUT2D eigenvalue weighted by molar-refractivity contribution is 0.199. The first-order valence-corrected chi connectivity index (χ1v) is 11.6. The molecule has 0 aliphatic rings. The molecule has 1 amide bonds. The van der Waals surface area contributed by atoms with E-state index in [0.29, 0.717) is 32.6 Å². The maximum atomic E-state index is 12.2. The van der Waals surface area contributed by atoms with Gasteiger partial charge in [0, 0.05) is 11.3 Å². The van der Waals surface area contributed by atoms with Crippen LogP contribution in [0.15, 0.2) is 47.0 Å². The van der Waals surface area contributed by atoms with Gasteiger partial charge in [-0.3, -0.25) is 9.62 Å². The predicted octanol–water partition coefficient (Wildman–Crippen LogP) is 5.57. The molecule has 1 heterocycles. The minimum atomic E-state index is -3.42.